The quantitative estimate of drug-likeness (QED) is 0.631. The van der Waals surface area contributed by atoms with Gasteiger partial charge >= 0.3 is 0 Å². The summed E-state index contributed by atoms with van der Waals surface area (Å²) >= 11 is 6.29. The fraction of sp³-hybridized carbons (Fsp3) is 0.261. The van der Waals surface area contributed by atoms with E-state index in [0.717, 1.165) is 11.3 Å². The second-order valence-electron chi connectivity index (χ2n) is 7.79. The van der Waals surface area contributed by atoms with Crippen molar-refractivity contribution in [2.75, 3.05) is 19.0 Å². The van der Waals surface area contributed by atoms with Crippen LogP contribution in [0.3, 0.4) is 0 Å². The highest BCUT2D eigenvalue weighted by molar-refractivity contribution is 6.42. The van der Waals surface area contributed by atoms with Crippen LogP contribution in [-0.2, 0) is 23.1 Å². The molecular formula is C23H19B2ClN4O2. The molecule has 32 heavy (non-hydrogen) atoms. The van der Waals surface area contributed by atoms with Gasteiger partial charge in [-0.2, -0.15) is 5.26 Å². The second kappa shape index (κ2) is 8.40. The minimum absolute atomic E-state index is 0.0267. The molecule has 0 saturated heterocycles. The fourth-order valence-corrected chi connectivity index (χ4v) is 4.18. The monoisotopic (exact) mass is 440 g/mol. The minimum Gasteiger partial charge on any atom is -0.495 e. The zero-order valence-corrected chi connectivity index (χ0v) is 18.5. The first-order valence-corrected chi connectivity index (χ1v) is 10.4. The first-order chi connectivity index (χ1) is 15.2. The Morgan fingerprint density at radius 1 is 1.31 bits per heavy atom. The van der Waals surface area contributed by atoms with Gasteiger partial charge in [0.05, 0.1) is 45.0 Å². The molecule has 2 heterocycles. The smallest absolute Gasteiger partial charge is 0.219 e. The molecule has 0 saturated carbocycles. The van der Waals surface area contributed by atoms with E-state index in [1.54, 1.807) is 41.3 Å². The first kappa shape index (κ1) is 22.0. The number of nitrogens with one attached hydrogen (secondary N) is 1. The summed E-state index contributed by atoms with van der Waals surface area (Å²) in [6, 6.07) is 12.5. The van der Waals surface area contributed by atoms with E-state index in [-0.39, 0.29) is 5.91 Å². The van der Waals surface area contributed by atoms with Crippen LogP contribution in [0.4, 0.5) is 5.69 Å². The molecule has 0 aliphatic carbocycles. The van der Waals surface area contributed by atoms with Gasteiger partial charge in [-0.15, -0.1) is 0 Å². The van der Waals surface area contributed by atoms with Crippen LogP contribution in [0, 0.1) is 11.3 Å². The highest BCUT2D eigenvalue weighted by atomic mass is 35.5. The Morgan fingerprint density at radius 2 is 2.09 bits per heavy atom. The Bertz CT molecular complexity index is 1270. The van der Waals surface area contributed by atoms with Crippen molar-refractivity contribution >= 4 is 49.8 Å². The Morgan fingerprint density at radius 3 is 2.75 bits per heavy atom. The molecule has 1 aliphatic heterocycles. The lowest BCUT2D eigenvalue weighted by molar-refractivity contribution is -0.129. The minimum atomic E-state index is -1.50. The van der Waals surface area contributed by atoms with Gasteiger partial charge in [0.15, 0.2) is 0 Å². The Hall–Kier alpha value is -3.17. The van der Waals surface area contributed by atoms with Gasteiger partial charge in [-0.25, -0.2) is 0 Å². The average Bonchev–Trinajstić information content (AvgIpc) is 2.78. The van der Waals surface area contributed by atoms with Crippen LogP contribution in [-0.4, -0.2) is 45.1 Å². The molecule has 6 nitrogen and oxygen atoms in total. The zero-order valence-electron chi connectivity index (χ0n) is 17.8. The van der Waals surface area contributed by atoms with Crippen molar-refractivity contribution < 1.29 is 9.53 Å². The van der Waals surface area contributed by atoms with E-state index in [4.69, 9.17) is 37.0 Å². The molecule has 1 aliphatic rings. The normalized spacial score (nSPS) is 13.4. The predicted molar refractivity (Wildman–Crippen MR) is 126 cm³/mol. The number of hydrogen-bond donors (Lipinski definition) is 1. The Kier molecular flexibility index (Phi) is 5.79. The number of aromatic nitrogens is 1. The van der Waals surface area contributed by atoms with Crippen molar-refractivity contribution in [3.05, 3.63) is 63.8 Å². The molecule has 1 aromatic heterocycles. The van der Waals surface area contributed by atoms with Crippen molar-refractivity contribution in [1.82, 2.24) is 9.88 Å². The molecule has 0 unspecified atom stereocenters. The highest BCUT2D eigenvalue weighted by Crippen LogP contribution is 2.36. The maximum atomic E-state index is 12.1. The van der Waals surface area contributed by atoms with Crippen LogP contribution in [0.15, 0.2) is 36.4 Å². The van der Waals surface area contributed by atoms with Crippen molar-refractivity contribution in [1.29, 1.82) is 5.26 Å². The molecule has 0 atom stereocenters. The van der Waals surface area contributed by atoms with Crippen molar-refractivity contribution in [2.45, 2.75) is 25.2 Å². The molecule has 156 valence electrons. The summed E-state index contributed by atoms with van der Waals surface area (Å²) in [6.07, 6.45) is 0.607. The van der Waals surface area contributed by atoms with E-state index in [0.29, 0.717) is 58.0 Å². The topological polar surface area (TPSA) is 78.3 Å². The third kappa shape index (κ3) is 4.01. The Labute approximate surface area is 194 Å². The largest absolute Gasteiger partial charge is 0.495 e. The Balaban J connectivity index is 1.87. The van der Waals surface area contributed by atoms with E-state index in [1.165, 1.54) is 14.0 Å². The summed E-state index contributed by atoms with van der Waals surface area (Å²) in [5.74, 6) is 0.481. The summed E-state index contributed by atoms with van der Waals surface area (Å²) in [6.45, 7) is 2.49. The SMILES string of the molecule is [B]C([B])(Nc1c2c(nc3ccc(C#N)cc13)CCN(C(C)=O)C2)c1ccc(OC)c(Cl)c1. The van der Waals surface area contributed by atoms with E-state index in [9.17, 15) is 10.1 Å². The van der Waals surface area contributed by atoms with Crippen LogP contribution in [0.2, 0.25) is 5.02 Å². The van der Waals surface area contributed by atoms with Crippen LogP contribution < -0.4 is 10.1 Å². The maximum Gasteiger partial charge on any atom is 0.219 e. The van der Waals surface area contributed by atoms with Gasteiger partial charge in [-0.05, 0) is 41.2 Å². The molecule has 1 amide bonds. The van der Waals surface area contributed by atoms with Gasteiger partial charge in [0, 0.05) is 48.8 Å². The molecule has 2 aromatic carbocycles. The average molecular weight is 441 g/mol. The van der Waals surface area contributed by atoms with Gasteiger partial charge in [0.1, 0.15) is 5.75 Å². The molecule has 4 rings (SSSR count). The third-order valence-corrected chi connectivity index (χ3v) is 5.97. The molecule has 0 fully saturated rings. The van der Waals surface area contributed by atoms with Crippen molar-refractivity contribution in [2.24, 2.45) is 0 Å². The number of carbonyl (C=O) groups excluding carboxylic acids is 1. The lowest BCUT2D eigenvalue weighted by atomic mass is 9.58. The van der Waals surface area contributed by atoms with Gasteiger partial charge < -0.3 is 15.0 Å². The molecule has 1 N–H and O–H groups in total. The number of ether oxygens (including phenoxy) is 1. The molecule has 9 heteroatoms. The second-order valence-corrected chi connectivity index (χ2v) is 8.20. The van der Waals surface area contributed by atoms with E-state index in [2.05, 4.69) is 11.4 Å². The summed E-state index contributed by atoms with van der Waals surface area (Å²) < 4.78 is 5.21. The number of nitriles is 1. The number of nitrogens with zero attached hydrogens (tertiary/aromatic N) is 3. The predicted octanol–water partition coefficient (Wildman–Crippen LogP) is 3.23. The number of anilines is 1. The van der Waals surface area contributed by atoms with Gasteiger partial charge in [-0.3, -0.25) is 9.78 Å². The number of amides is 1. The lowest BCUT2D eigenvalue weighted by Gasteiger charge is -2.35. The highest BCUT2D eigenvalue weighted by Gasteiger charge is 2.28. The van der Waals surface area contributed by atoms with Crippen LogP contribution in [0.5, 0.6) is 5.75 Å². The first-order valence-electron chi connectivity index (χ1n) is 10.0. The fourth-order valence-electron chi connectivity index (χ4n) is 3.93. The number of rotatable bonds is 4. The number of pyridine rings is 1. The van der Waals surface area contributed by atoms with Crippen LogP contribution >= 0.6 is 11.6 Å². The van der Waals surface area contributed by atoms with Crippen LogP contribution in [0.25, 0.3) is 10.9 Å². The molecule has 0 spiro atoms. The van der Waals surface area contributed by atoms with Gasteiger partial charge in [-0.1, -0.05) is 17.7 Å². The molecular weight excluding hydrogens is 421 g/mol. The third-order valence-electron chi connectivity index (χ3n) is 5.67. The molecule has 3 aromatic rings. The zero-order chi connectivity index (χ0) is 23.0. The molecule has 0 bridgehead atoms. The summed E-state index contributed by atoms with van der Waals surface area (Å²) in [5, 5.41) is 12.2. The number of methoxy groups -OCH3 is 1. The summed E-state index contributed by atoms with van der Waals surface area (Å²) in [7, 11) is 14.6. The van der Waals surface area contributed by atoms with E-state index < -0.39 is 5.34 Å². The number of benzene rings is 2. The number of fused-ring (bicyclic) bond motifs is 2. The molecule has 4 radical (unpaired) electrons. The maximum absolute atomic E-state index is 12.1. The number of halogens is 1. The summed E-state index contributed by atoms with van der Waals surface area (Å²) in [4.78, 5) is 18.6. The number of carbonyl (C=O) groups is 1. The van der Waals surface area contributed by atoms with E-state index >= 15 is 0 Å². The van der Waals surface area contributed by atoms with Gasteiger partial charge in [0.25, 0.3) is 0 Å². The lowest BCUT2D eigenvalue weighted by Crippen LogP contribution is -2.39. The van der Waals surface area contributed by atoms with E-state index in [1.807, 2.05) is 0 Å². The van der Waals surface area contributed by atoms with Crippen molar-refractivity contribution in [3.63, 3.8) is 0 Å². The standard InChI is InChI=1S/C23H19B2ClN4O2/c1-13(31)30-8-7-20-17(12-30)22(16-9-14(11-27)3-5-19(16)28-20)29-23(24,25)15-4-6-21(32-2)18(26)10-15/h3-6,9-10H,7-8,12H2,1-2H3,(H,28,29). The van der Waals surface area contributed by atoms with Crippen molar-refractivity contribution in [3.8, 4) is 11.8 Å². The van der Waals surface area contributed by atoms with Gasteiger partial charge in [0.2, 0.25) is 5.91 Å². The van der Waals surface area contributed by atoms with Crippen LogP contribution in [0.1, 0.15) is 29.3 Å². The summed E-state index contributed by atoms with van der Waals surface area (Å²) in [5.41, 5.74) is 4.07. The number of hydrogen-bond acceptors (Lipinski definition) is 5.